The fraction of sp³-hybridized carbons (Fsp3) is 0.588. The lowest BCUT2D eigenvalue weighted by molar-refractivity contribution is -0.134. The van der Waals surface area contributed by atoms with Crippen molar-refractivity contribution in [2.75, 3.05) is 6.54 Å². The zero-order valence-corrected chi connectivity index (χ0v) is 12.8. The van der Waals surface area contributed by atoms with Gasteiger partial charge in [0.25, 0.3) is 0 Å². The summed E-state index contributed by atoms with van der Waals surface area (Å²) >= 11 is 0. The summed E-state index contributed by atoms with van der Waals surface area (Å²) in [6.07, 6.45) is 2.12. The Morgan fingerprint density at radius 2 is 2.00 bits per heavy atom. The Bertz CT molecular complexity index is 444. The molecule has 110 valence electrons. The Balaban J connectivity index is 1.99. The van der Waals surface area contributed by atoms with E-state index in [9.17, 15) is 4.79 Å². The molecule has 0 radical (unpaired) electrons. The minimum Gasteiger partial charge on any atom is -0.338 e. The van der Waals surface area contributed by atoms with E-state index in [0.29, 0.717) is 5.92 Å². The van der Waals surface area contributed by atoms with Crippen LogP contribution < -0.4 is 5.73 Å². The molecule has 0 aromatic heterocycles. The monoisotopic (exact) mass is 274 g/mol. The number of carbonyl (C=O) groups is 1. The number of likely N-dealkylation sites (tertiary alicyclic amines) is 1. The van der Waals surface area contributed by atoms with E-state index >= 15 is 0 Å². The fourth-order valence-electron chi connectivity index (χ4n) is 2.98. The maximum atomic E-state index is 12.4. The van der Waals surface area contributed by atoms with Crippen LogP contribution in [-0.2, 0) is 11.2 Å². The van der Waals surface area contributed by atoms with Crippen molar-refractivity contribution >= 4 is 5.91 Å². The lowest BCUT2D eigenvalue weighted by Crippen LogP contribution is -2.48. The van der Waals surface area contributed by atoms with Crippen LogP contribution in [0.5, 0.6) is 0 Å². The summed E-state index contributed by atoms with van der Waals surface area (Å²) in [4.78, 5) is 14.4. The topological polar surface area (TPSA) is 46.3 Å². The maximum Gasteiger partial charge on any atom is 0.239 e. The standard InChI is InChI=1S/C17H26N2O/c1-12(2)16(18)17(20)19-10-9-15(13(19)3)11-14-7-5-4-6-8-14/h4-8,12-13,15-16H,9-11,18H2,1-3H3/t13?,15?,16-/m0/s1. The summed E-state index contributed by atoms with van der Waals surface area (Å²) in [5.74, 6) is 0.853. The van der Waals surface area contributed by atoms with Crippen LogP contribution in [-0.4, -0.2) is 29.4 Å². The van der Waals surface area contributed by atoms with Crippen LogP contribution in [0, 0.1) is 11.8 Å². The number of amides is 1. The van der Waals surface area contributed by atoms with Gasteiger partial charge in [-0.05, 0) is 37.2 Å². The molecule has 0 bridgehead atoms. The summed E-state index contributed by atoms with van der Waals surface area (Å²) in [6.45, 7) is 7.01. The third-order valence-corrected chi connectivity index (χ3v) is 4.54. The van der Waals surface area contributed by atoms with Crippen LogP contribution >= 0.6 is 0 Å². The highest BCUT2D eigenvalue weighted by molar-refractivity contribution is 5.82. The van der Waals surface area contributed by atoms with Gasteiger partial charge in [0.2, 0.25) is 5.91 Å². The summed E-state index contributed by atoms with van der Waals surface area (Å²) in [6, 6.07) is 10.4. The predicted molar refractivity (Wildman–Crippen MR) is 82.2 cm³/mol. The van der Waals surface area contributed by atoms with Gasteiger partial charge in [-0.2, -0.15) is 0 Å². The smallest absolute Gasteiger partial charge is 0.239 e. The second kappa shape index (κ2) is 6.40. The first kappa shape index (κ1) is 15.0. The fourth-order valence-corrected chi connectivity index (χ4v) is 2.98. The van der Waals surface area contributed by atoms with Crippen molar-refractivity contribution in [1.29, 1.82) is 0 Å². The maximum absolute atomic E-state index is 12.4. The Morgan fingerprint density at radius 3 is 2.60 bits per heavy atom. The van der Waals surface area contributed by atoms with Crippen molar-refractivity contribution in [2.45, 2.75) is 45.7 Å². The van der Waals surface area contributed by atoms with Crippen LogP contribution in [0.15, 0.2) is 30.3 Å². The van der Waals surface area contributed by atoms with Crippen LogP contribution in [0.4, 0.5) is 0 Å². The molecule has 2 unspecified atom stereocenters. The van der Waals surface area contributed by atoms with E-state index in [1.165, 1.54) is 5.56 Å². The molecule has 20 heavy (non-hydrogen) atoms. The lowest BCUT2D eigenvalue weighted by Gasteiger charge is -2.28. The molecule has 0 aliphatic carbocycles. The Kier molecular flexibility index (Phi) is 4.81. The van der Waals surface area contributed by atoms with E-state index in [1.807, 2.05) is 24.8 Å². The van der Waals surface area contributed by atoms with Gasteiger partial charge >= 0.3 is 0 Å². The van der Waals surface area contributed by atoms with E-state index in [2.05, 4.69) is 31.2 Å². The minimum absolute atomic E-state index is 0.114. The van der Waals surface area contributed by atoms with Gasteiger partial charge in [0.05, 0.1) is 6.04 Å². The Morgan fingerprint density at radius 1 is 1.35 bits per heavy atom. The molecule has 0 saturated carbocycles. The third kappa shape index (κ3) is 3.21. The van der Waals surface area contributed by atoms with Crippen molar-refractivity contribution in [3.8, 4) is 0 Å². The molecule has 2 rings (SSSR count). The van der Waals surface area contributed by atoms with Gasteiger partial charge in [0.1, 0.15) is 0 Å². The molecule has 1 aromatic carbocycles. The SMILES string of the molecule is CC(C)[C@H](N)C(=O)N1CCC(Cc2ccccc2)C1C. The summed E-state index contributed by atoms with van der Waals surface area (Å²) in [5, 5.41) is 0. The third-order valence-electron chi connectivity index (χ3n) is 4.54. The highest BCUT2D eigenvalue weighted by Gasteiger charge is 2.36. The first-order valence-corrected chi connectivity index (χ1v) is 7.60. The number of nitrogens with zero attached hydrogens (tertiary/aromatic N) is 1. The van der Waals surface area contributed by atoms with E-state index in [4.69, 9.17) is 5.73 Å². The molecule has 1 fully saturated rings. The number of rotatable bonds is 4. The van der Waals surface area contributed by atoms with E-state index < -0.39 is 0 Å². The Hall–Kier alpha value is -1.35. The van der Waals surface area contributed by atoms with E-state index in [1.54, 1.807) is 0 Å². The number of hydrogen-bond acceptors (Lipinski definition) is 2. The highest BCUT2D eigenvalue weighted by atomic mass is 16.2. The minimum atomic E-state index is -0.368. The molecule has 1 heterocycles. The average molecular weight is 274 g/mol. The largest absolute Gasteiger partial charge is 0.338 e. The predicted octanol–water partition coefficient (Wildman–Crippen LogP) is 2.45. The van der Waals surface area contributed by atoms with Crippen molar-refractivity contribution in [3.05, 3.63) is 35.9 Å². The number of carbonyl (C=O) groups excluding carboxylic acids is 1. The number of hydrogen-bond donors (Lipinski definition) is 1. The summed E-state index contributed by atoms with van der Waals surface area (Å²) in [5.41, 5.74) is 7.36. The summed E-state index contributed by atoms with van der Waals surface area (Å²) < 4.78 is 0. The van der Waals surface area contributed by atoms with Crippen LogP contribution in [0.2, 0.25) is 0 Å². The second-order valence-corrected chi connectivity index (χ2v) is 6.28. The number of nitrogens with two attached hydrogens (primary N) is 1. The first-order valence-electron chi connectivity index (χ1n) is 7.60. The van der Waals surface area contributed by atoms with E-state index in [-0.39, 0.29) is 23.9 Å². The normalized spacial score (nSPS) is 24.1. The molecular weight excluding hydrogens is 248 g/mol. The summed E-state index contributed by atoms with van der Waals surface area (Å²) in [7, 11) is 0. The molecule has 1 aliphatic rings. The zero-order chi connectivity index (χ0) is 14.7. The first-order chi connectivity index (χ1) is 9.50. The number of benzene rings is 1. The van der Waals surface area contributed by atoms with Gasteiger partial charge in [-0.25, -0.2) is 0 Å². The van der Waals surface area contributed by atoms with Crippen molar-refractivity contribution in [2.24, 2.45) is 17.6 Å². The van der Waals surface area contributed by atoms with Crippen molar-refractivity contribution in [1.82, 2.24) is 4.90 Å². The van der Waals surface area contributed by atoms with Gasteiger partial charge in [-0.3, -0.25) is 4.79 Å². The molecule has 3 atom stereocenters. The molecule has 0 spiro atoms. The molecule has 3 nitrogen and oxygen atoms in total. The van der Waals surface area contributed by atoms with Gasteiger partial charge in [0, 0.05) is 12.6 Å². The van der Waals surface area contributed by atoms with Gasteiger partial charge in [-0.1, -0.05) is 44.2 Å². The van der Waals surface area contributed by atoms with Crippen LogP contribution in [0.3, 0.4) is 0 Å². The van der Waals surface area contributed by atoms with Crippen LogP contribution in [0.25, 0.3) is 0 Å². The highest BCUT2D eigenvalue weighted by Crippen LogP contribution is 2.28. The quantitative estimate of drug-likeness (QED) is 0.916. The molecule has 1 aromatic rings. The molecular formula is C17H26N2O. The van der Waals surface area contributed by atoms with Gasteiger partial charge in [-0.15, -0.1) is 0 Å². The zero-order valence-electron chi connectivity index (χ0n) is 12.8. The van der Waals surface area contributed by atoms with Gasteiger partial charge in [0.15, 0.2) is 0 Å². The van der Waals surface area contributed by atoms with Crippen molar-refractivity contribution in [3.63, 3.8) is 0 Å². The molecule has 1 amide bonds. The second-order valence-electron chi connectivity index (χ2n) is 6.28. The van der Waals surface area contributed by atoms with Gasteiger partial charge < -0.3 is 10.6 Å². The lowest BCUT2D eigenvalue weighted by atomic mass is 9.93. The van der Waals surface area contributed by atoms with E-state index in [0.717, 1.165) is 19.4 Å². The molecule has 2 N–H and O–H groups in total. The molecule has 3 heteroatoms. The van der Waals surface area contributed by atoms with Crippen molar-refractivity contribution < 1.29 is 4.79 Å². The molecule has 1 aliphatic heterocycles. The Labute approximate surface area is 122 Å². The average Bonchev–Trinajstić information content (AvgIpc) is 2.80. The molecule has 1 saturated heterocycles. The van der Waals surface area contributed by atoms with Crippen LogP contribution in [0.1, 0.15) is 32.8 Å².